The number of carbonyl (C=O) groups is 1. The Morgan fingerprint density at radius 3 is 2.27 bits per heavy atom. The molecule has 4 heteroatoms. The fraction of sp³-hybridized carbons (Fsp3) is 0. The van der Waals surface area contributed by atoms with Crippen LogP contribution in [0, 0.1) is 0 Å². The van der Waals surface area contributed by atoms with Crippen molar-refractivity contribution in [3.63, 3.8) is 0 Å². The SMILES string of the molecule is Cl.O=C(O)c1ccccc1Cl. The third-order valence-electron chi connectivity index (χ3n) is 1.10. The zero-order valence-electron chi connectivity index (χ0n) is 5.45. The summed E-state index contributed by atoms with van der Waals surface area (Å²) in [4.78, 5) is 10.3. The Balaban J connectivity index is 0.000001000. The Labute approximate surface area is 75.2 Å². The van der Waals surface area contributed by atoms with Gasteiger partial charge in [0.15, 0.2) is 0 Å². The quantitative estimate of drug-likeness (QED) is 0.743. The lowest BCUT2D eigenvalue weighted by molar-refractivity contribution is 0.0697. The lowest BCUT2D eigenvalue weighted by atomic mass is 10.2. The number of benzene rings is 1. The Hall–Kier alpha value is -0.730. The van der Waals surface area contributed by atoms with Crippen LogP contribution in [0.1, 0.15) is 10.4 Å². The van der Waals surface area contributed by atoms with E-state index < -0.39 is 5.97 Å². The molecular formula is C7H6Cl2O2. The lowest BCUT2D eigenvalue weighted by Gasteiger charge is -1.94. The molecule has 0 bridgehead atoms. The van der Waals surface area contributed by atoms with Crippen molar-refractivity contribution in [3.8, 4) is 0 Å². The first kappa shape index (κ1) is 10.3. The van der Waals surface area contributed by atoms with Crippen molar-refractivity contribution in [2.24, 2.45) is 0 Å². The summed E-state index contributed by atoms with van der Waals surface area (Å²) in [5.41, 5.74) is 0.143. The standard InChI is InChI=1S/C7H5ClO2.ClH/c8-6-4-2-1-3-5(6)7(9)10;/h1-4H,(H,9,10);1H. The molecular weight excluding hydrogens is 187 g/mol. The second kappa shape index (κ2) is 4.21. The number of carboxylic acids is 1. The first-order valence-corrected chi connectivity index (χ1v) is 3.07. The molecule has 1 rings (SSSR count). The third-order valence-corrected chi connectivity index (χ3v) is 1.43. The van der Waals surface area contributed by atoms with E-state index in [1.807, 2.05) is 0 Å². The van der Waals surface area contributed by atoms with Crippen molar-refractivity contribution >= 4 is 30.0 Å². The van der Waals surface area contributed by atoms with Crippen LogP contribution in [-0.2, 0) is 0 Å². The third kappa shape index (κ3) is 2.41. The zero-order chi connectivity index (χ0) is 7.56. The van der Waals surface area contributed by atoms with Crippen LogP contribution in [0.25, 0.3) is 0 Å². The molecule has 0 fully saturated rings. The van der Waals surface area contributed by atoms with E-state index in [4.69, 9.17) is 16.7 Å². The summed E-state index contributed by atoms with van der Waals surface area (Å²) < 4.78 is 0. The van der Waals surface area contributed by atoms with Gasteiger partial charge in [-0.15, -0.1) is 12.4 Å². The Kier molecular flexibility index (Phi) is 3.93. The molecule has 0 heterocycles. The van der Waals surface area contributed by atoms with Crippen molar-refractivity contribution in [1.29, 1.82) is 0 Å². The normalized spacial score (nSPS) is 8.45. The maximum atomic E-state index is 10.3. The van der Waals surface area contributed by atoms with Gasteiger partial charge in [-0.2, -0.15) is 0 Å². The van der Waals surface area contributed by atoms with E-state index >= 15 is 0 Å². The molecule has 11 heavy (non-hydrogen) atoms. The van der Waals surface area contributed by atoms with Gasteiger partial charge in [-0.3, -0.25) is 0 Å². The average Bonchev–Trinajstić information content (AvgIpc) is 1.88. The number of rotatable bonds is 1. The van der Waals surface area contributed by atoms with Crippen LogP contribution in [0.15, 0.2) is 24.3 Å². The van der Waals surface area contributed by atoms with Gasteiger partial charge in [0.05, 0.1) is 10.6 Å². The Bertz CT molecular complexity index is 260. The van der Waals surface area contributed by atoms with E-state index in [0.29, 0.717) is 0 Å². The van der Waals surface area contributed by atoms with Crippen LogP contribution < -0.4 is 0 Å². The molecule has 1 N–H and O–H groups in total. The van der Waals surface area contributed by atoms with E-state index in [1.54, 1.807) is 18.2 Å². The van der Waals surface area contributed by atoms with Crippen molar-refractivity contribution in [2.75, 3.05) is 0 Å². The predicted molar refractivity (Wildman–Crippen MR) is 45.7 cm³/mol. The second-order valence-electron chi connectivity index (χ2n) is 1.78. The minimum atomic E-state index is -0.995. The molecule has 0 saturated heterocycles. The van der Waals surface area contributed by atoms with Crippen molar-refractivity contribution in [2.45, 2.75) is 0 Å². The maximum absolute atomic E-state index is 10.3. The smallest absolute Gasteiger partial charge is 0.337 e. The molecule has 0 amide bonds. The van der Waals surface area contributed by atoms with E-state index in [0.717, 1.165) is 0 Å². The fourth-order valence-corrected chi connectivity index (χ4v) is 0.851. The summed E-state index contributed by atoms with van der Waals surface area (Å²) in [7, 11) is 0. The molecule has 0 radical (unpaired) electrons. The molecule has 0 aliphatic carbocycles. The molecule has 0 aliphatic heterocycles. The topological polar surface area (TPSA) is 37.3 Å². The van der Waals surface area contributed by atoms with E-state index in [9.17, 15) is 4.79 Å². The van der Waals surface area contributed by atoms with E-state index in [2.05, 4.69) is 0 Å². The molecule has 2 nitrogen and oxygen atoms in total. The number of hydrogen-bond acceptors (Lipinski definition) is 1. The summed E-state index contributed by atoms with van der Waals surface area (Å²) in [5, 5.41) is 8.75. The van der Waals surface area contributed by atoms with Crippen molar-refractivity contribution < 1.29 is 9.90 Å². The van der Waals surface area contributed by atoms with Crippen LogP contribution in [0.3, 0.4) is 0 Å². The molecule has 0 spiro atoms. The Morgan fingerprint density at radius 2 is 1.91 bits per heavy atom. The highest BCUT2D eigenvalue weighted by molar-refractivity contribution is 6.33. The van der Waals surface area contributed by atoms with Gasteiger partial charge in [0.1, 0.15) is 0 Å². The summed E-state index contributed by atoms with van der Waals surface area (Å²) >= 11 is 5.54. The van der Waals surface area contributed by atoms with Gasteiger partial charge < -0.3 is 5.11 Å². The monoisotopic (exact) mass is 192 g/mol. The van der Waals surface area contributed by atoms with Gasteiger partial charge >= 0.3 is 5.97 Å². The second-order valence-corrected chi connectivity index (χ2v) is 2.19. The molecule has 0 unspecified atom stereocenters. The van der Waals surface area contributed by atoms with Gasteiger partial charge in [0.2, 0.25) is 0 Å². The zero-order valence-corrected chi connectivity index (χ0v) is 7.02. The maximum Gasteiger partial charge on any atom is 0.337 e. The van der Waals surface area contributed by atoms with Crippen molar-refractivity contribution in [1.82, 2.24) is 0 Å². The van der Waals surface area contributed by atoms with Gasteiger partial charge in [0, 0.05) is 0 Å². The minimum Gasteiger partial charge on any atom is -0.478 e. The summed E-state index contributed by atoms with van der Waals surface area (Å²) in [5.74, 6) is -0.995. The highest BCUT2D eigenvalue weighted by Gasteiger charge is 2.04. The highest BCUT2D eigenvalue weighted by atomic mass is 35.5. The minimum absolute atomic E-state index is 0. The Morgan fingerprint density at radius 1 is 1.36 bits per heavy atom. The molecule has 0 atom stereocenters. The molecule has 60 valence electrons. The van der Waals surface area contributed by atoms with Gasteiger partial charge in [0.25, 0.3) is 0 Å². The fourth-order valence-electron chi connectivity index (χ4n) is 0.635. The predicted octanol–water partition coefficient (Wildman–Crippen LogP) is 2.46. The van der Waals surface area contributed by atoms with Gasteiger partial charge in [-0.05, 0) is 12.1 Å². The molecule has 0 saturated carbocycles. The van der Waals surface area contributed by atoms with Crippen LogP contribution in [0.5, 0.6) is 0 Å². The number of aromatic carboxylic acids is 1. The van der Waals surface area contributed by atoms with Crippen LogP contribution in [0.4, 0.5) is 0 Å². The number of hydrogen-bond donors (Lipinski definition) is 1. The first-order chi connectivity index (χ1) is 4.72. The average molecular weight is 193 g/mol. The highest BCUT2D eigenvalue weighted by Crippen LogP contribution is 2.13. The van der Waals surface area contributed by atoms with Crippen LogP contribution >= 0.6 is 24.0 Å². The van der Waals surface area contributed by atoms with E-state index in [-0.39, 0.29) is 23.0 Å². The van der Waals surface area contributed by atoms with Crippen LogP contribution in [-0.4, -0.2) is 11.1 Å². The van der Waals surface area contributed by atoms with Gasteiger partial charge in [-0.25, -0.2) is 4.79 Å². The van der Waals surface area contributed by atoms with Crippen molar-refractivity contribution in [3.05, 3.63) is 34.9 Å². The number of carboxylic acid groups (broad SMARTS) is 1. The summed E-state index contributed by atoms with van der Waals surface area (Å²) in [6.45, 7) is 0. The molecule has 0 aromatic heterocycles. The molecule has 1 aromatic rings. The largest absolute Gasteiger partial charge is 0.478 e. The molecule has 1 aromatic carbocycles. The van der Waals surface area contributed by atoms with Crippen LogP contribution in [0.2, 0.25) is 5.02 Å². The summed E-state index contributed by atoms with van der Waals surface area (Å²) in [6.07, 6.45) is 0. The first-order valence-electron chi connectivity index (χ1n) is 2.69. The number of halogens is 2. The summed E-state index contributed by atoms with van der Waals surface area (Å²) in [6, 6.07) is 6.33. The van der Waals surface area contributed by atoms with E-state index in [1.165, 1.54) is 6.07 Å². The van der Waals surface area contributed by atoms with Gasteiger partial charge in [-0.1, -0.05) is 23.7 Å². The lowest BCUT2D eigenvalue weighted by Crippen LogP contribution is -1.95. The molecule has 0 aliphatic rings.